The van der Waals surface area contributed by atoms with Gasteiger partial charge in [-0.1, -0.05) is 6.08 Å². The Balaban J connectivity index is 1.97. The molecular formula is C11H16N2O2. The number of carbonyl (C=O) groups is 1. The smallest absolute Gasteiger partial charge is 0.410 e. The van der Waals surface area contributed by atoms with Gasteiger partial charge in [-0.15, -0.1) is 0 Å². The molecule has 15 heavy (non-hydrogen) atoms. The second kappa shape index (κ2) is 3.36. The van der Waals surface area contributed by atoms with Gasteiger partial charge in [0.1, 0.15) is 5.60 Å². The summed E-state index contributed by atoms with van der Waals surface area (Å²) in [4.78, 5) is 17.7. The van der Waals surface area contributed by atoms with Crippen LogP contribution in [0.5, 0.6) is 0 Å². The van der Waals surface area contributed by atoms with E-state index in [1.54, 1.807) is 4.90 Å². The van der Waals surface area contributed by atoms with Crippen molar-refractivity contribution >= 4 is 11.8 Å². The van der Waals surface area contributed by atoms with E-state index in [2.05, 4.69) is 11.1 Å². The zero-order valence-corrected chi connectivity index (χ0v) is 9.41. The highest BCUT2D eigenvalue weighted by Gasteiger charge is 2.31. The Kier molecular flexibility index (Phi) is 2.29. The van der Waals surface area contributed by atoms with Crippen LogP contribution in [0, 0.1) is 0 Å². The molecule has 1 amide bonds. The standard InChI is InChI=1S/C11H16N2O2/c1-11(2,3)15-10(14)13-6-8-4-5-12-9(8)7-13/h4H,5-7H2,1-3H3. The number of amides is 1. The largest absolute Gasteiger partial charge is 0.444 e. The van der Waals surface area contributed by atoms with Crippen molar-refractivity contribution in [2.45, 2.75) is 26.4 Å². The van der Waals surface area contributed by atoms with Crippen molar-refractivity contribution in [3.8, 4) is 0 Å². The number of ether oxygens (including phenoxy) is 1. The molecule has 0 aromatic carbocycles. The maximum absolute atomic E-state index is 11.7. The summed E-state index contributed by atoms with van der Waals surface area (Å²) in [5.74, 6) is 0. The van der Waals surface area contributed by atoms with Crippen molar-refractivity contribution in [2.75, 3.05) is 19.6 Å². The Morgan fingerprint density at radius 1 is 1.47 bits per heavy atom. The normalized spacial score (nSPS) is 19.8. The highest BCUT2D eigenvalue weighted by molar-refractivity contribution is 6.07. The van der Waals surface area contributed by atoms with E-state index >= 15 is 0 Å². The van der Waals surface area contributed by atoms with Crippen molar-refractivity contribution in [3.63, 3.8) is 0 Å². The Morgan fingerprint density at radius 2 is 2.20 bits per heavy atom. The summed E-state index contributed by atoms with van der Waals surface area (Å²) in [6, 6.07) is 0. The van der Waals surface area contributed by atoms with Crippen LogP contribution in [0.3, 0.4) is 0 Å². The van der Waals surface area contributed by atoms with Crippen molar-refractivity contribution in [2.24, 2.45) is 4.99 Å². The number of carbonyl (C=O) groups excluding carboxylic acids is 1. The van der Waals surface area contributed by atoms with Crippen LogP contribution in [0.15, 0.2) is 16.6 Å². The summed E-state index contributed by atoms with van der Waals surface area (Å²) in [6.07, 6.45) is 1.82. The van der Waals surface area contributed by atoms with Gasteiger partial charge in [0.15, 0.2) is 0 Å². The highest BCUT2D eigenvalue weighted by Crippen LogP contribution is 2.20. The lowest BCUT2D eigenvalue weighted by Crippen LogP contribution is -2.35. The first-order chi connectivity index (χ1) is 6.96. The molecule has 4 heteroatoms. The van der Waals surface area contributed by atoms with Crippen LogP contribution in [0.25, 0.3) is 0 Å². The maximum atomic E-state index is 11.7. The summed E-state index contributed by atoms with van der Waals surface area (Å²) >= 11 is 0. The molecule has 1 saturated heterocycles. The lowest BCUT2D eigenvalue weighted by atomic mass is 10.2. The highest BCUT2D eigenvalue weighted by atomic mass is 16.6. The van der Waals surface area contributed by atoms with Gasteiger partial charge in [-0.05, 0) is 26.3 Å². The zero-order chi connectivity index (χ0) is 11.1. The average molecular weight is 208 g/mol. The van der Waals surface area contributed by atoms with Gasteiger partial charge in [0, 0.05) is 0 Å². The predicted molar refractivity (Wildman–Crippen MR) is 58.2 cm³/mol. The molecule has 0 spiro atoms. The molecule has 0 unspecified atom stereocenters. The molecule has 0 saturated carbocycles. The van der Waals surface area contributed by atoms with E-state index in [0.29, 0.717) is 13.1 Å². The first kappa shape index (κ1) is 10.2. The molecule has 0 atom stereocenters. The Morgan fingerprint density at radius 3 is 2.80 bits per heavy atom. The van der Waals surface area contributed by atoms with Gasteiger partial charge < -0.3 is 4.74 Å². The molecule has 0 aromatic rings. The van der Waals surface area contributed by atoms with Crippen LogP contribution >= 0.6 is 0 Å². The topological polar surface area (TPSA) is 41.9 Å². The molecule has 2 aliphatic heterocycles. The minimum Gasteiger partial charge on any atom is -0.444 e. The van der Waals surface area contributed by atoms with Crippen LogP contribution in [0.4, 0.5) is 4.79 Å². The summed E-state index contributed by atoms with van der Waals surface area (Å²) in [5.41, 5.74) is 1.80. The lowest BCUT2D eigenvalue weighted by molar-refractivity contribution is 0.0309. The van der Waals surface area contributed by atoms with Gasteiger partial charge in [0.2, 0.25) is 0 Å². The van der Waals surface area contributed by atoms with Gasteiger partial charge in [-0.2, -0.15) is 0 Å². The molecule has 0 aromatic heterocycles. The molecule has 0 radical (unpaired) electrons. The molecule has 0 aliphatic carbocycles. The third kappa shape index (κ3) is 2.19. The molecule has 2 heterocycles. The number of nitrogens with zero attached hydrogens (tertiary/aromatic N) is 2. The van der Waals surface area contributed by atoms with E-state index in [9.17, 15) is 4.79 Å². The second-order valence-corrected chi connectivity index (χ2v) is 4.85. The molecular weight excluding hydrogens is 192 g/mol. The number of likely N-dealkylation sites (tertiary alicyclic amines) is 1. The SMILES string of the molecule is CC(C)(C)OC(=O)N1CC2=CCN=C2C1. The van der Waals surface area contributed by atoms with E-state index in [0.717, 1.165) is 12.3 Å². The lowest BCUT2D eigenvalue weighted by Gasteiger charge is -2.23. The Hall–Kier alpha value is -1.32. The van der Waals surface area contributed by atoms with E-state index in [1.165, 1.54) is 5.57 Å². The van der Waals surface area contributed by atoms with Crippen molar-refractivity contribution < 1.29 is 9.53 Å². The summed E-state index contributed by atoms with van der Waals surface area (Å²) in [5, 5.41) is 0. The van der Waals surface area contributed by atoms with E-state index in [-0.39, 0.29) is 6.09 Å². The molecule has 82 valence electrons. The number of aliphatic imine (C=N–C) groups is 1. The van der Waals surface area contributed by atoms with Crippen LogP contribution in [0.2, 0.25) is 0 Å². The average Bonchev–Trinajstić information content (AvgIpc) is 2.56. The Bertz CT molecular complexity index is 330. The fraction of sp³-hybridized carbons (Fsp3) is 0.636. The molecule has 0 bridgehead atoms. The quantitative estimate of drug-likeness (QED) is 0.607. The third-order valence-electron chi connectivity index (χ3n) is 2.34. The number of rotatable bonds is 0. The second-order valence-electron chi connectivity index (χ2n) is 4.85. The first-order valence-corrected chi connectivity index (χ1v) is 5.16. The Labute approximate surface area is 89.6 Å². The zero-order valence-electron chi connectivity index (χ0n) is 9.41. The van der Waals surface area contributed by atoms with Crippen molar-refractivity contribution in [1.29, 1.82) is 0 Å². The van der Waals surface area contributed by atoms with Gasteiger partial charge in [0.25, 0.3) is 0 Å². The summed E-state index contributed by atoms with van der Waals surface area (Å²) in [7, 11) is 0. The van der Waals surface area contributed by atoms with E-state index in [1.807, 2.05) is 20.8 Å². The first-order valence-electron chi connectivity index (χ1n) is 5.16. The summed E-state index contributed by atoms with van der Waals surface area (Å²) in [6.45, 7) is 7.64. The van der Waals surface area contributed by atoms with Gasteiger partial charge >= 0.3 is 6.09 Å². The van der Waals surface area contributed by atoms with Gasteiger partial charge in [-0.25, -0.2) is 4.79 Å². The molecule has 0 N–H and O–H groups in total. The van der Waals surface area contributed by atoms with E-state index in [4.69, 9.17) is 4.74 Å². The molecule has 4 nitrogen and oxygen atoms in total. The predicted octanol–water partition coefficient (Wildman–Crippen LogP) is 1.62. The monoisotopic (exact) mass is 208 g/mol. The summed E-state index contributed by atoms with van der Waals surface area (Å²) < 4.78 is 5.29. The number of fused-ring (bicyclic) bond motifs is 1. The molecule has 2 rings (SSSR count). The van der Waals surface area contributed by atoms with Gasteiger partial charge in [0.05, 0.1) is 25.3 Å². The third-order valence-corrected chi connectivity index (χ3v) is 2.34. The van der Waals surface area contributed by atoms with Crippen LogP contribution in [-0.2, 0) is 4.74 Å². The van der Waals surface area contributed by atoms with Crippen LogP contribution < -0.4 is 0 Å². The minimum absolute atomic E-state index is 0.250. The van der Waals surface area contributed by atoms with E-state index < -0.39 is 5.60 Å². The molecule has 1 fully saturated rings. The molecule has 2 aliphatic rings. The van der Waals surface area contributed by atoms with Gasteiger partial charge in [-0.3, -0.25) is 9.89 Å². The number of hydrogen-bond donors (Lipinski definition) is 0. The van der Waals surface area contributed by atoms with Crippen molar-refractivity contribution in [1.82, 2.24) is 4.90 Å². The van der Waals surface area contributed by atoms with Crippen LogP contribution in [-0.4, -0.2) is 41.9 Å². The number of hydrogen-bond acceptors (Lipinski definition) is 3. The fourth-order valence-electron chi connectivity index (χ4n) is 1.69. The van der Waals surface area contributed by atoms with Crippen molar-refractivity contribution in [3.05, 3.63) is 11.6 Å². The maximum Gasteiger partial charge on any atom is 0.410 e. The minimum atomic E-state index is -0.426. The van der Waals surface area contributed by atoms with Crippen LogP contribution in [0.1, 0.15) is 20.8 Å². The fourth-order valence-corrected chi connectivity index (χ4v) is 1.69.